The van der Waals surface area contributed by atoms with Crippen LogP contribution in [-0.4, -0.2) is 25.6 Å². The van der Waals surface area contributed by atoms with E-state index >= 15 is 0 Å². The normalized spacial score (nSPS) is 11.6. The lowest BCUT2D eigenvalue weighted by molar-refractivity contribution is 0.102. The van der Waals surface area contributed by atoms with Crippen molar-refractivity contribution in [1.82, 2.24) is 4.98 Å². The molecule has 0 aliphatic rings. The first-order chi connectivity index (χ1) is 13.3. The summed E-state index contributed by atoms with van der Waals surface area (Å²) >= 11 is 0. The highest BCUT2D eigenvalue weighted by Crippen LogP contribution is 2.28. The van der Waals surface area contributed by atoms with E-state index in [2.05, 4.69) is 10.3 Å². The van der Waals surface area contributed by atoms with Crippen molar-refractivity contribution in [2.24, 2.45) is 0 Å². The summed E-state index contributed by atoms with van der Waals surface area (Å²) in [5.74, 6) is -1.26. The van der Waals surface area contributed by atoms with Gasteiger partial charge in [-0.15, -0.1) is 0 Å². The molecule has 0 saturated heterocycles. The highest BCUT2D eigenvalue weighted by Gasteiger charge is 2.18. The average Bonchev–Trinajstić information content (AvgIpc) is 2.66. The number of benzene rings is 3. The third-order valence-corrected chi connectivity index (χ3v) is 5.54. The second kappa shape index (κ2) is 6.69. The Morgan fingerprint density at radius 2 is 1.50 bits per heavy atom. The van der Waals surface area contributed by atoms with Gasteiger partial charge in [0, 0.05) is 17.0 Å². The number of pyridine rings is 1. The SMILES string of the molecule is CS(=O)(=O)c1ccc(F)c(NC(=O)c2c3ccccc3nc3ccccc23)c1. The molecule has 1 N–H and O–H groups in total. The minimum absolute atomic E-state index is 0.0753. The summed E-state index contributed by atoms with van der Waals surface area (Å²) in [7, 11) is -3.54. The Labute approximate surface area is 160 Å². The van der Waals surface area contributed by atoms with Gasteiger partial charge in [-0.1, -0.05) is 36.4 Å². The van der Waals surface area contributed by atoms with Gasteiger partial charge in [0.2, 0.25) is 0 Å². The van der Waals surface area contributed by atoms with Crippen molar-refractivity contribution in [2.45, 2.75) is 4.90 Å². The number of fused-ring (bicyclic) bond motifs is 2. The molecule has 0 unspecified atom stereocenters. The molecule has 7 heteroatoms. The molecular weight excluding hydrogens is 379 g/mol. The molecule has 28 heavy (non-hydrogen) atoms. The van der Waals surface area contributed by atoms with Crippen molar-refractivity contribution in [3.8, 4) is 0 Å². The summed E-state index contributed by atoms with van der Waals surface area (Å²) < 4.78 is 37.8. The smallest absolute Gasteiger partial charge is 0.257 e. The summed E-state index contributed by atoms with van der Waals surface area (Å²) in [6.45, 7) is 0. The molecular formula is C21H15FN2O3S. The number of amides is 1. The molecule has 5 nitrogen and oxygen atoms in total. The minimum Gasteiger partial charge on any atom is -0.319 e. The van der Waals surface area contributed by atoms with E-state index in [1.165, 1.54) is 0 Å². The Balaban J connectivity index is 1.88. The van der Waals surface area contributed by atoms with E-state index in [1.807, 2.05) is 12.1 Å². The van der Waals surface area contributed by atoms with Gasteiger partial charge in [-0.2, -0.15) is 0 Å². The largest absolute Gasteiger partial charge is 0.319 e. The fourth-order valence-electron chi connectivity index (χ4n) is 3.10. The van der Waals surface area contributed by atoms with Gasteiger partial charge in [0.15, 0.2) is 9.84 Å². The van der Waals surface area contributed by atoms with Crippen LogP contribution < -0.4 is 5.32 Å². The highest BCUT2D eigenvalue weighted by molar-refractivity contribution is 7.90. The quantitative estimate of drug-likeness (QED) is 0.418. The van der Waals surface area contributed by atoms with Gasteiger partial charge in [0.1, 0.15) is 5.82 Å². The van der Waals surface area contributed by atoms with Crippen LogP contribution in [0.1, 0.15) is 10.4 Å². The molecule has 0 bridgehead atoms. The second-order valence-corrected chi connectivity index (χ2v) is 8.40. The number of aromatic nitrogens is 1. The Kier molecular flexibility index (Phi) is 4.31. The van der Waals surface area contributed by atoms with Gasteiger partial charge < -0.3 is 5.32 Å². The number of carbonyl (C=O) groups excluding carboxylic acids is 1. The maximum atomic E-state index is 14.2. The molecule has 140 valence electrons. The first kappa shape index (κ1) is 18.1. The van der Waals surface area contributed by atoms with Gasteiger partial charge >= 0.3 is 0 Å². The Bertz CT molecular complexity index is 1300. The van der Waals surface area contributed by atoms with Crippen molar-refractivity contribution < 1.29 is 17.6 Å². The predicted molar refractivity (Wildman–Crippen MR) is 107 cm³/mol. The van der Waals surface area contributed by atoms with Crippen molar-refractivity contribution >= 4 is 43.2 Å². The molecule has 0 atom stereocenters. The van der Waals surface area contributed by atoms with Crippen LogP contribution in [0.15, 0.2) is 71.6 Å². The van der Waals surface area contributed by atoms with Gasteiger partial charge in [0.25, 0.3) is 5.91 Å². The second-order valence-electron chi connectivity index (χ2n) is 6.39. The molecule has 1 amide bonds. The van der Waals surface area contributed by atoms with E-state index in [4.69, 9.17) is 0 Å². The molecule has 1 heterocycles. The molecule has 4 rings (SSSR count). The number of para-hydroxylation sites is 2. The van der Waals surface area contributed by atoms with Crippen LogP contribution in [0.2, 0.25) is 0 Å². The third-order valence-electron chi connectivity index (χ3n) is 4.43. The Hall–Kier alpha value is -3.32. The Morgan fingerprint density at radius 1 is 0.929 bits per heavy atom. The number of anilines is 1. The van der Waals surface area contributed by atoms with Crippen molar-refractivity contribution in [2.75, 3.05) is 11.6 Å². The van der Waals surface area contributed by atoms with Crippen LogP contribution in [0.4, 0.5) is 10.1 Å². The number of nitrogens with one attached hydrogen (secondary N) is 1. The lowest BCUT2D eigenvalue weighted by atomic mass is 10.0. The molecule has 1 aromatic heterocycles. The molecule has 0 fully saturated rings. The summed E-state index contributed by atoms with van der Waals surface area (Å²) in [5.41, 5.74) is 1.43. The minimum atomic E-state index is -3.54. The van der Waals surface area contributed by atoms with Crippen LogP contribution in [0, 0.1) is 5.82 Å². The number of hydrogen-bond acceptors (Lipinski definition) is 4. The van der Waals surface area contributed by atoms with E-state index in [0.29, 0.717) is 27.4 Å². The number of halogens is 1. The molecule has 0 aliphatic carbocycles. The molecule has 4 aromatic rings. The van der Waals surface area contributed by atoms with Gasteiger partial charge in [0.05, 0.1) is 27.2 Å². The molecule has 0 aliphatic heterocycles. The summed E-state index contributed by atoms with van der Waals surface area (Å²) in [6, 6.07) is 17.7. The number of carbonyl (C=O) groups is 1. The maximum Gasteiger partial charge on any atom is 0.257 e. The van der Waals surface area contributed by atoms with E-state index in [9.17, 15) is 17.6 Å². The van der Waals surface area contributed by atoms with E-state index in [0.717, 1.165) is 24.5 Å². The Morgan fingerprint density at radius 3 is 2.07 bits per heavy atom. The molecule has 0 saturated carbocycles. The third kappa shape index (κ3) is 3.20. The van der Waals surface area contributed by atoms with Crippen LogP contribution in [0.25, 0.3) is 21.8 Å². The fraction of sp³-hybridized carbons (Fsp3) is 0.0476. The summed E-state index contributed by atoms with van der Waals surface area (Å²) in [6.07, 6.45) is 1.02. The molecule has 0 radical (unpaired) electrons. The fourth-order valence-corrected chi connectivity index (χ4v) is 3.75. The van der Waals surface area contributed by atoms with Gasteiger partial charge in [-0.25, -0.2) is 17.8 Å². The monoisotopic (exact) mass is 394 g/mol. The number of rotatable bonds is 3. The number of sulfone groups is 1. The van der Waals surface area contributed by atoms with Crippen molar-refractivity contribution in [1.29, 1.82) is 0 Å². The zero-order valence-corrected chi connectivity index (χ0v) is 15.6. The zero-order chi connectivity index (χ0) is 19.9. The van der Waals surface area contributed by atoms with Crippen LogP contribution >= 0.6 is 0 Å². The lowest BCUT2D eigenvalue weighted by Gasteiger charge is -2.12. The van der Waals surface area contributed by atoms with Gasteiger partial charge in [-0.05, 0) is 30.3 Å². The van der Waals surface area contributed by atoms with Crippen LogP contribution in [0.5, 0.6) is 0 Å². The first-order valence-electron chi connectivity index (χ1n) is 8.43. The standard InChI is InChI=1S/C21H15FN2O3S/c1-28(26,27)13-10-11-16(22)19(12-13)24-21(25)20-14-6-2-4-8-17(14)23-18-9-5-3-7-15(18)20/h2-12H,1H3,(H,24,25). The van der Waals surface area contributed by atoms with E-state index in [1.54, 1.807) is 36.4 Å². The van der Waals surface area contributed by atoms with E-state index < -0.39 is 21.6 Å². The highest BCUT2D eigenvalue weighted by atomic mass is 32.2. The summed E-state index contributed by atoms with van der Waals surface area (Å²) in [4.78, 5) is 17.6. The van der Waals surface area contributed by atoms with Crippen molar-refractivity contribution in [3.05, 3.63) is 78.1 Å². The molecule has 0 spiro atoms. The summed E-state index contributed by atoms with van der Waals surface area (Å²) in [5, 5.41) is 3.76. The van der Waals surface area contributed by atoms with Crippen LogP contribution in [0.3, 0.4) is 0 Å². The van der Waals surface area contributed by atoms with Crippen molar-refractivity contribution in [3.63, 3.8) is 0 Å². The van der Waals surface area contributed by atoms with E-state index in [-0.39, 0.29) is 10.6 Å². The van der Waals surface area contributed by atoms with Gasteiger partial charge in [-0.3, -0.25) is 4.79 Å². The number of nitrogens with zero attached hydrogens (tertiary/aromatic N) is 1. The van der Waals surface area contributed by atoms with Crippen LogP contribution in [-0.2, 0) is 9.84 Å². The topological polar surface area (TPSA) is 76.1 Å². The lowest BCUT2D eigenvalue weighted by Crippen LogP contribution is -2.15. The zero-order valence-electron chi connectivity index (χ0n) is 14.8. The molecule has 3 aromatic carbocycles. The maximum absolute atomic E-state index is 14.2. The average molecular weight is 394 g/mol. The number of hydrogen-bond donors (Lipinski definition) is 1. The predicted octanol–water partition coefficient (Wildman–Crippen LogP) is 4.18. The first-order valence-corrected chi connectivity index (χ1v) is 10.3.